The normalized spacial score (nSPS) is 12.7. The number of nitrogens with zero attached hydrogens (tertiary/aromatic N) is 2. The average molecular weight is 191 g/mol. The Labute approximate surface area is 82.5 Å². The lowest BCUT2D eigenvalue weighted by Crippen LogP contribution is -2.04. The van der Waals surface area contributed by atoms with E-state index in [-0.39, 0.29) is 6.04 Å². The molecule has 0 aliphatic rings. The number of rotatable bonds is 3. The van der Waals surface area contributed by atoms with Gasteiger partial charge in [-0.15, -0.1) is 0 Å². The van der Waals surface area contributed by atoms with Gasteiger partial charge < -0.3 is 9.73 Å². The van der Waals surface area contributed by atoms with Gasteiger partial charge in [-0.2, -0.15) is 5.10 Å². The van der Waals surface area contributed by atoms with Gasteiger partial charge in [-0.05, 0) is 19.1 Å². The monoisotopic (exact) mass is 191 g/mol. The fourth-order valence-electron chi connectivity index (χ4n) is 1.35. The molecule has 0 aliphatic carbocycles. The summed E-state index contributed by atoms with van der Waals surface area (Å²) in [5.74, 6) is 0.925. The van der Waals surface area contributed by atoms with E-state index in [1.807, 2.05) is 32.3 Å². The van der Waals surface area contributed by atoms with Crippen LogP contribution in [0.2, 0.25) is 0 Å². The van der Waals surface area contributed by atoms with Gasteiger partial charge in [-0.3, -0.25) is 4.68 Å². The molecule has 2 aromatic rings. The molecule has 2 rings (SSSR count). The highest BCUT2D eigenvalue weighted by molar-refractivity contribution is 5.40. The van der Waals surface area contributed by atoms with Gasteiger partial charge in [0.1, 0.15) is 5.76 Å². The summed E-state index contributed by atoms with van der Waals surface area (Å²) in [4.78, 5) is 0. The molecule has 74 valence electrons. The van der Waals surface area contributed by atoms with Crippen LogP contribution < -0.4 is 5.32 Å². The SMILES string of the molecule is C[C@@H](Nc1cnn(C)c1)c1ccco1. The van der Waals surface area contributed by atoms with Crippen molar-refractivity contribution in [3.8, 4) is 0 Å². The average Bonchev–Trinajstić information content (AvgIpc) is 2.75. The zero-order valence-corrected chi connectivity index (χ0v) is 8.27. The van der Waals surface area contributed by atoms with Crippen molar-refractivity contribution >= 4 is 5.69 Å². The fourth-order valence-corrected chi connectivity index (χ4v) is 1.35. The highest BCUT2D eigenvalue weighted by Crippen LogP contribution is 2.18. The number of anilines is 1. The largest absolute Gasteiger partial charge is 0.467 e. The lowest BCUT2D eigenvalue weighted by molar-refractivity contribution is 0.490. The van der Waals surface area contributed by atoms with Crippen LogP contribution in [-0.2, 0) is 7.05 Å². The summed E-state index contributed by atoms with van der Waals surface area (Å²) >= 11 is 0. The molecule has 0 spiro atoms. The Morgan fingerprint density at radius 2 is 2.43 bits per heavy atom. The molecular formula is C10H13N3O. The van der Waals surface area contributed by atoms with Crippen molar-refractivity contribution < 1.29 is 4.42 Å². The minimum absolute atomic E-state index is 0.161. The molecular weight excluding hydrogens is 178 g/mol. The molecule has 0 fully saturated rings. The molecule has 1 N–H and O–H groups in total. The summed E-state index contributed by atoms with van der Waals surface area (Å²) in [6.07, 6.45) is 5.40. The topological polar surface area (TPSA) is 43.0 Å². The molecule has 2 heterocycles. The van der Waals surface area contributed by atoms with Crippen LogP contribution in [0.25, 0.3) is 0 Å². The zero-order valence-electron chi connectivity index (χ0n) is 8.27. The first-order valence-corrected chi connectivity index (χ1v) is 4.54. The minimum Gasteiger partial charge on any atom is -0.467 e. The van der Waals surface area contributed by atoms with Crippen LogP contribution in [0.15, 0.2) is 35.2 Å². The maximum Gasteiger partial charge on any atom is 0.125 e. The van der Waals surface area contributed by atoms with E-state index in [0.29, 0.717) is 0 Å². The molecule has 4 heteroatoms. The summed E-state index contributed by atoms with van der Waals surface area (Å²) in [7, 11) is 1.89. The van der Waals surface area contributed by atoms with Gasteiger partial charge in [-0.1, -0.05) is 0 Å². The summed E-state index contributed by atoms with van der Waals surface area (Å²) in [5, 5.41) is 7.36. The second-order valence-electron chi connectivity index (χ2n) is 3.28. The Bertz CT molecular complexity index is 391. The van der Waals surface area contributed by atoms with E-state index in [1.165, 1.54) is 0 Å². The van der Waals surface area contributed by atoms with Crippen LogP contribution in [0.3, 0.4) is 0 Å². The first-order valence-electron chi connectivity index (χ1n) is 4.54. The lowest BCUT2D eigenvalue weighted by atomic mass is 10.2. The number of hydrogen-bond donors (Lipinski definition) is 1. The first kappa shape index (κ1) is 8.87. The molecule has 0 saturated heterocycles. The maximum atomic E-state index is 5.28. The Hall–Kier alpha value is -1.71. The molecule has 0 aliphatic heterocycles. The first-order chi connectivity index (χ1) is 6.75. The van der Waals surface area contributed by atoms with Gasteiger partial charge >= 0.3 is 0 Å². The Kier molecular flexibility index (Phi) is 2.26. The smallest absolute Gasteiger partial charge is 0.125 e. The number of hydrogen-bond acceptors (Lipinski definition) is 3. The highest BCUT2D eigenvalue weighted by atomic mass is 16.3. The van der Waals surface area contributed by atoms with Crippen molar-refractivity contribution in [1.82, 2.24) is 9.78 Å². The lowest BCUT2D eigenvalue weighted by Gasteiger charge is -2.09. The maximum absolute atomic E-state index is 5.28. The second kappa shape index (κ2) is 3.57. The van der Waals surface area contributed by atoms with Crippen molar-refractivity contribution in [1.29, 1.82) is 0 Å². The van der Waals surface area contributed by atoms with Crippen molar-refractivity contribution in [3.05, 3.63) is 36.5 Å². The Morgan fingerprint density at radius 3 is 3.00 bits per heavy atom. The van der Waals surface area contributed by atoms with Crippen LogP contribution in [0.4, 0.5) is 5.69 Å². The Balaban J connectivity index is 2.05. The molecule has 0 unspecified atom stereocenters. The van der Waals surface area contributed by atoms with E-state index in [9.17, 15) is 0 Å². The van der Waals surface area contributed by atoms with E-state index in [1.54, 1.807) is 17.1 Å². The van der Waals surface area contributed by atoms with Crippen molar-refractivity contribution in [2.24, 2.45) is 7.05 Å². The molecule has 4 nitrogen and oxygen atoms in total. The van der Waals surface area contributed by atoms with E-state index in [4.69, 9.17) is 4.42 Å². The molecule has 14 heavy (non-hydrogen) atoms. The van der Waals surface area contributed by atoms with Gasteiger partial charge in [0.25, 0.3) is 0 Å². The van der Waals surface area contributed by atoms with Crippen molar-refractivity contribution in [2.45, 2.75) is 13.0 Å². The number of aromatic nitrogens is 2. The fraction of sp³-hybridized carbons (Fsp3) is 0.300. The summed E-state index contributed by atoms with van der Waals surface area (Å²) in [6.45, 7) is 2.05. The zero-order chi connectivity index (χ0) is 9.97. The molecule has 0 bridgehead atoms. The molecule has 0 amide bonds. The van der Waals surface area contributed by atoms with Crippen molar-refractivity contribution in [3.63, 3.8) is 0 Å². The van der Waals surface area contributed by atoms with E-state index >= 15 is 0 Å². The van der Waals surface area contributed by atoms with Gasteiger partial charge in [0.2, 0.25) is 0 Å². The van der Waals surface area contributed by atoms with Gasteiger partial charge in [0.15, 0.2) is 0 Å². The summed E-state index contributed by atoms with van der Waals surface area (Å²) < 4.78 is 7.05. The third kappa shape index (κ3) is 1.79. The Morgan fingerprint density at radius 1 is 1.57 bits per heavy atom. The van der Waals surface area contributed by atoms with Crippen LogP contribution in [0, 0.1) is 0 Å². The second-order valence-corrected chi connectivity index (χ2v) is 3.28. The van der Waals surface area contributed by atoms with Crippen LogP contribution in [-0.4, -0.2) is 9.78 Å². The van der Waals surface area contributed by atoms with Crippen LogP contribution in [0.1, 0.15) is 18.7 Å². The quantitative estimate of drug-likeness (QED) is 0.808. The summed E-state index contributed by atoms with van der Waals surface area (Å²) in [5.41, 5.74) is 0.997. The number of furan rings is 1. The standard InChI is InChI=1S/C10H13N3O/c1-8(10-4-3-5-14-10)12-9-6-11-13(2)7-9/h3-8,12H,1-2H3/t8-/m1/s1. The predicted molar refractivity (Wildman–Crippen MR) is 54.0 cm³/mol. The van der Waals surface area contributed by atoms with Gasteiger partial charge in [0.05, 0.1) is 24.2 Å². The number of aryl methyl sites for hydroxylation is 1. The molecule has 0 radical (unpaired) electrons. The minimum atomic E-state index is 0.161. The molecule has 2 aromatic heterocycles. The van der Waals surface area contributed by atoms with Gasteiger partial charge in [-0.25, -0.2) is 0 Å². The van der Waals surface area contributed by atoms with Crippen LogP contribution in [0.5, 0.6) is 0 Å². The molecule has 0 saturated carbocycles. The number of nitrogens with one attached hydrogen (secondary N) is 1. The highest BCUT2D eigenvalue weighted by Gasteiger charge is 2.07. The predicted octanol–water partition coefficient (Wildman–Crippen LogP) is 2.19. The van der Waals surface area contributed by atoms with E-state index in [0.717, 1.165) is 11.4 Å². The summed E-state index contributed by atoms with van der Waals surface area (Å²) in [6, 6.07) is 4.00. The van der Waals surface area contributed by atoms with Crippen molar-refractivity contribution in [2.75, 3.05) is 5.32 Å². The van der Waals surface area contributed by atoms with E-state index < -0.39 is 0 Å². The molecule has 1 atom stereocenters. The third-order valence-corrected chi connectivity index (χ3v) is 2.06. The molecule has 0 aromatic carbocycles. The third-order valence-electron chi connectivity index (χ3n) is 2.06. The van der Waals surface area contributed by atoms with Crippen LogP contribution >= 0.6 is 0 Å². The van der Waals surface area contributed by atoms with E-state index in [2.05, 4.69) is 10.4 Å². The van der Waals surface area contributed by atoms with Gasteiger partial charge in [0, 0.05) is 13.2 Å².